The number of hydrogen-bond acceptors (Lipinski definition) is 4. The Morgan fingerprint density at radius 2 is 1.83 bits per heavy atom. The Hall–Kier alpha value is -0.835. The molecular formula is C13H20BNO3. The van der Waals surface area contributed by atoms with E-state index in [1.165, 1.54) is 0 Å². The summed E-state index contributed by atoms with van der Waals surface area (Å²) in [5, 5.41) is 2.66. The highest BCUT2D eigenvalue weighted by Gasteiger charge is 2.57. The van der Waals surface area contributed by atoms with E-state index in [1.807, 2.05) is 20.8 Å². The van der Waals surface area contributed by atoms with Gasteiger partial charge in [-0.1, -0.05) is 0 Å². The maximum Gasteiger partial charge on any atom is 0.313 e. The predicted octanol–water partition coefficient (Wildman–Crippen LogP) is 1.27. The molecule has 98 valence electrons. The number of hydrogen-bond donors (Lipinski definition) is 1. The molecule has 4 nitrogen and oxygen atoms in total. The van der Waals surface area contributed by atoms with Crippen molar-refractivity contribution in [1.29, 1.82) is 0 Å². The van der Waals surface area contributed by atoms with Gasteiger partial charge in [-0.25, -0.2) is 0 Å². The van der Waals surface area contributed by atoms with Gasteiger partial charge in [0.25, 0.3) is 0 Å². The van der Waals surface area contributed by atoms with Crippen molar-refractivity contribution in [3.05, 3.63) is 0 Å². The molecule has 3 fully saturated rings. The summed E-state index contributed by atoms with van der Waals surface area (Å²) in [6, 6.07) is 0. The summed E-state index contributed by atoms with van der Waals surface area (Å²) in [5.74, 6) is -0.179. The van der Waals surface area contributed by atoms with Crippen molar-refractivity contribution >= 4 is 19.7 Å². The van der Waals surface area contributed by atoms with E-state index in [4.69, 9.17) is 12.7 Å². The van der Waals surface area contributed by atoms with Crippen LogP contribution in [0, 0.1) is 5.41 Å². The highest BCUT2D eigenvalue weighted by atomic mass is 16.6. The third-order valence-corrected chi connectivity index (χ3v) is 4.20. The molecule has 2 bridgehead atoms. The first-order chi connectivity index (χ1) is 8.23. The minimum absolute atomic E-state index is 0.0494. The average molecular weight is 249 g/mol. The minimum atomic E-state index is -0.608. The van der Waals surface area contributed by atoms with Crippen LogP contribution in [0.5, 0.6) is 0 Å². The lowest BCUT2D eigenvalue weighted by Crippen LogP contribution is -2.62. The van der Waals surface area contributed by atoms with E-state index in [0.717, 1.165) is 0 Å². The van der Waals surface area contributed by atoms with Crippen molar-refractivity contribution in [2.24, 2.45) is 5.41 Å². The van der Waals surface area contributed by atoms with E-state index in [-0.39, 0.29) is 18.2 Å². The molecule has 0 amide bonds. The molecule has 0 atom stereocenters. The standard InChI is InChI=1S/C13H20BNO3/c1-11(2,3)18-10(17)12-4-6-13(15-14,7-5-12)9(16)8-12/h15H,4-8H2,1-3H3. The highest BCUT2D eigenvalue weighted by Crippen LogP contribution is 2.51. The second-order valence-electron chi connectivity index (χ2n) is 6.61. The van der Waals surface area contributed by atoms with Gasteiger partial charge < -0.3 is 9.96 Å². The van der Waals surface area contributed by atoms with Crippen molar-refractivity contribution in [3.63, 3.8) is 0 Å². The fourth-order valence-electron chi connectivity index (χ4n) is 2.97. The van der Waals surface area contributed by atoms with Crippen LogP contribution >= 0.6 is 0 Å². The van der Waals surface area contributed by atoms with Crippen molar-refractivity contribution in [1.82, 2.24) is 5.23 Å². The summed E-state index contributed by atoms with van der Waals surface area (Å²) < 4.78 is 5.47. The maximum absolute atomic E-state index is 12.3. The molecule has 0 aliphatic heterocycles. The zero-order valence-corrected chi connectivity index (χ0v) is 11.3. The van der Waals surface area contributed by atoms with Crippen molar-refractivity contribution in [2.45, 2.75) is 64.0 Å². The normalized spacial score (nSPS) is 35.6. The van der Waals surface area contributed by atoms with Crippen molar-refractivity contribution in [2.75, 3.05) is 0 Å². The Bertz CT molecular complexity index is 378. The summed E-state index contributed by atoms with van der Waals surface area (Å²) in [5.41, 5.74) is -1.71. The molecule has 18 heavy (non-hydrogen) atoms. The first-order valence-electron chi connectivity index (χ1n) is 6.48. The third kappa shape index (κ3) is 2.09. The number of rotatable bonds is 2. The first kappa shape index (κ1) is 13.6. The fourth-order valence-corrected chi connectivity index (χ4v) is 2.97. The molecule has 3 saturated carbocycles. The number of ether oxygens (including phenoxy) is 1. The van der Waals surface area contributed by atoms with Crippen LogP contribution in [-0.4, -0.2) is 30.9 Å². The minimum Gasteiger partial charge on any atom is -0.460 e. The maximum atomic E-state index is 12.3. The largest absolute Gasteiger partial charge is 0.460 e. The number of Topliss-reactive ketones (excluding diaryl/α,β-unsaturated/α-hetero) is 1. The van der Waals surface area contributed by atoms with Crippen LogP contribution in [0.15, 0.2) is 0 Å². The SMILES string of the molecule is [B]NC12CCC(C(=O)OC(C)(C)C)(CC1)CC2=O. The van der Waals surface area contributed by atoms with Crippen LogP contribution in [0.1, 0.15) is 52.9 Å². The Kier molecular flexibility index (Phi) is 3.09. The van der Waals surface area contributed by atoms with Gasteiger partial charge in [-0.3, -0.25) is 9.59 Å². The van der Waals surface area contributed by atoms with Crippen LogP contribution < -0.4 is 5.23 Å². The lowest BCUT2D eigenvalue weighted by Gasteiger charge is -2.51. The van der Waals surface area contributed by atoms with E-state index >= 15 is 0 Å². The van der Waals surface area contributed by atoms with E-state index in [1.54, 1.807) is 0 Å². The lowest BCUT2D eigenvalue weighted by atomic mass is 9.56. The van der Waals surface area contributed by atoms with E-state index in [0.29, 0.717) is 25.7 Å². The third-order valence-electron chi connectivity index (χ3n) is 4.20. The molecule has 0 aromatic rings. The molecule has 3 aliphatic rings. The van der Waals surface area contributed by atoms with Crippen LogP contribution in [0.3, 0.4) is 0 Å². The second-order valence-corrected chi connectivity index (χ2v) is 6.61. The quantitative estimate of drug-likeness (QED) is 0.591. The van der Waals surface area contributed by atoms with Crippen molar-refractivity contribution in [3.8, 4) is 0 Å². The highest BCUT2D eigenvalue weighted by molar-refractivity contribution is 6.09. The number of nitrogens with one attached hydrogen (secondary N) is 1. The van der Waals surface area contributed by atoms with Gasteiger partial charge in [0.05, 0.1) is 11.0 Å². The molecule has 3 aliphatic carbocycles. The zero-order valence-electron chi connectivity index (χ0n) is 11.3. The molecule has 0 aromatic carbocycles. The van der Waals surface area contributed by atoms with Gasteiger partial charge in [-0.15, -0.1) is 0 Å². The monoisotopic (exact) mass is 249 g/mol. The predicted molar refractivity (Wildman–Crippen MR) is 68.0 cm³/mol. The van der Waals surface area contributed by atoms with Crippen molar-refractivity contribution < 1.29 is 14.3 Å². The summed E-state index contributed by atoms with van der Waals surface area (Å²) >= 11 is 0. The molecule has 0 aromatic heterocycles. The summed E-state index contributed by atoms with van der Waals surface area (Å²) in [6.45, 7) is 5.54. The van der Waals surface area contributed by atoms with E-state index < -0.39 is 16.6 Å². The summed E-state index contributed by atoms with van der Waals surface area (Å²) in [6.07, 6.45) is 2.87. The summed E-state index contributed by atoms with van der Waals surface area (Å²) in [7, 11) is 5.50. The van der Waals surface area contributed by atoms with Gasteiger partial charge in [0.2, 0.25) is 0 Å². The van der Waals surface area contributed by atoms with Gasteiger partial charge in [-0.2, -0.15) is 0 Å². The molecule has 0 spiro atoms. The number of carbonyl (C=O) groups is 2. The smallest absolute Gasteiger partial charge is 0.313 e. The average Bonchev–Trinajstić information content (AvgIpc) is 2.28. The molecule has 1 N–H and O–H groups in total. The number of carbonyl (C=O) groups excluding carboxylic acids is 2. The number of esters is 1. The van der Waals surface area contributed by atoms with E-state index in [2.05, 4.69) is 5.23 Å². The topological polar surface area (TPSA) is 55.4 Å². The van der Waals surface area contributed by atoms with Gasteiger partial charge in [0.1, 0.15) is 5.60 Å². The molecule has 3 rings (SSSR count). The molecule has 0 unspecified atom stereocenters. The Labute approximate surface area is 109 Å². The van der Waals surface area contributed by atoms with Gasteiger partial charge >= 0.3 is 5.97 Å². The van der Waals surface area contributed by atoms with Crippen LogP contribution in [0.4, 0.5) is 0 Å². The van der Waals surface area contributed by atoms with Gasteiger partial charge in [0, 0.05) is 6.42 Å². The summed E-state index contributed by atoms with van der Waals surface area (Å²) in [4.78, 5) is 24.4. The molecule has 2 radical (unpaired) electrons. The Morgan fingerprint density at radius 1 is 1.28 bits per heavy atom. The fraction of sp³-hybridized carbons (Fsp3) is 0.846. The molecule has 0 heterocycles. The second kappa shape index (κ2) is 4.09. The van der Waals surface area contributed by atoms with Crippen LogP contribution in [-0.2, 0) is 14.3 Å². The van der Waals surface area contributed by atoms with Gasteiger partial charge in [-0.05, 0) is 46.5 Å². The number of fused-ring (bicyclic) bond motifs is 3. The Morgan fingerprint density at radius 3 is 2.22 bits per heavy atom. The Balaban J connectivity index is 2.16. The first-order valence-corrected chi connectivity index (χ1v) is 6.48. The van der Waals surface area contributed by atoms with Crippen LogP contribution in [0.25, 0.3) is 0 Å². The van der Waals surface area contributed by atoms with E-state index in [9.17, 15) is 9.59 Å². The number of ketones is 1. The van der Waals surface area contributed by atoms with Crippen LogP contribution in [0.2, 0.25) is 0 Å². The lowest BCUT2D eigenvalue weighted by molar-refractivity contribution is -0.177. The van der Waals surface area contributed by atoms with Gasteiger partial charge in [0.15, 0.2) is 13.8 Å². The zero-order chi connectivity index (χ0) is 13.6. The molecular weight excluding hydrogens is 229 g/mol. The molecule has 0 saturated heterocycles. The molecule has 5 heteroatoms.